The van der Waals surface area contributed by atoms with Gasteiger partial charge in [-0.1, -0.05) is 18.2 Å². The number of aromatic nitrogens is 2. The third-order valence-electron chi connectivity index (χ3n) is 3.74. The zero-order chi connectivity index (χ0) is 17.8. The lowest BCUT2D eigenvalue weighted by Gasteiger charge is -2.12. The average Bonchev–Trinajstić information content (AvgIpc) is 2.64. The minimum absolute atomic E-state index is 0.196. The fourth-order valence-electron chi connectivity index (χ4n) is 2.47. The van der Waals surface area contributed by atoms with E-state index in [1.165, 1.54) is 7.11 Å². The summed E-state index contributed by atoms with van der Waals surface area (Å²) in [7, 11) is 3.05. The summed E-state index contributed by atoms with van der Waals surface area (Å²) in [5, 5.41) is 8.03. The molecule has 0 aliphatic carbocycles. The number of amides is 1. The first-order chi connectivity index (χ1) is 12.1. The minimum atomic E-state index is -0.381. The molecule has 0 atom stereocenters. The van der Waals surface area contributed by atoms with Crippen molar-refractivity contribution >= 4 is 22.4 Å². The third kappa shape index (κ3) is 3.45. The second-order valence-electron chi connectivity index (χ2n) is 5.31. The van der Waals surface area contributed by atoms with Crippen LogP contribution < -0.4 is 20.3 Å². The van der Waals surface area contributed by atoms with Gasteiger partial charge in [-0.2, -0.15) is 5.10 Å². The van der Waals surface area contributed by atoms with E-state index in [2.05, 4.69) is 10.4 Å². The number of nitrogens with one attached hydrogen (secondary N) is 1. The van der Waals surface area contributed by atoms with Crippen LogP contribution in [-0.4, -0.2) is 29.9 Å². The Kier molecular flexibility index (Phi) is 4.65. The lowest BCUT2D eigenvalue weighted by atomic mass is 10.2. The summed E-state index contributed by atoms with van der Waals surface area (Å²) in [6, 6.07) is 12.2. The van der Waals surface area contributed by atoms with Crippen LogP contribution in [-0.2, 0) is 11.3 Å². The Morgan fingerprint density at radius 1 is 1.16 bits per heavy atom. The zero-order valence-corrected chi connectivity index (χ0v) is 13.9. The maximum atomic E-state index is 12.4. The summed E-state index contributed by atoms with van der Waals surface area (Å²) >= 11 is 0. The van der Waals surface area contributed by atoms with Crippen molar-refractivity contribution < 1.29 is 14.3 Å². The van der Waals surface area contributed by atoms with Gasteiger partial charge in [-0.25, -0.2) is 4.68 Å². The predicted molar refractivity (Wildman–Crippen MR) is 94.2 cm³/mol. The molecular formula is C18H17N3O4. The summed E-state index contributed by atoms with van der Waals surface area (Å²) in [4.78, 5) is 24.7. The number of ether oxygens (including phenoxy) is 2. The van der Waals surface area contributed by atoms with E-state index in [4.69, 9.17) is 9.47 Å². The normalized spacial score (nSPS) is 10.5. The Balaban J connectivity index is 1.82. The predicted octanol–water partition coefficient (Wildman–Crippen LogP) is 2.05. The molecule has 0 fully saturated rings. The first kappa shape index (κ1) is 16.5. The van der Waals surface area contributed by atoms with Crippen LogP contribution in [0.4, 0.5) is 5.69 Å². The zero-order valence-electron chi connectivity index (χ0n) is 13.9. The van der Waals surface area contributed by atoms with Crippen LogP contribution in [0, 0.1) is 0 Å². The fourth-order valence-corrected chi connectivity index (χ4v) is 2.47. The molecule has 0 aliphatic rings. The monoisotopic (exact) mass is 339 g/mol. The van der Waals surface area contributed by atoms with Gasteiger partial charge in [-0.3, -0.25) is 9.59 Å². The first-order valence-corrected chi connectivity index (χ1v) is 7.59. The Morgan fingerprint density at radius 3 is 2.72 bits per heavy atom. The Hall–Kier alpha value is -3.35. The number of carbonyl (C=O) groups excluding carboxylic acids is 1. The van der Waals surface area contributed by atoms with Gasteiger partial charge in [0.1, 0.15) is 18.0 Å². The Bertz CT molecular complexity index is 981. The molecule has 2 aromatic carbocycles. The third-order valence-corrected chi connectivity index (χ3v) is 3.74. The standard InChI is InChI=1S/C18H17N3O4/c1-24-13-7-8-15(16(9-13)25-2)20-17(22)11-21-18(23)14-6-4-3-5-12(14)10-19-21/h3-10H,11H2,1-2H3,(H,20,22). The number of benzene rings is 2. The van der Waals surface area contributed by atoms with E-state index in [1.54, 1.807) is 49.7 Å². The molecule has 0 bridgehead atoms. The van der Waals surface area contributed by atoms with Crippen molar-refractivity contribution in [1.29, 1.82) is 0 Å². The van der Waals surface area contributed by atoms with Crippen molar-refractivity contribution in [3.63, 3.8) is 0 Å². The van der Waals surface area contributed by atoms with E-state index < -0.39 is 0 Å². The van der Waals surface area contributed by atoms with Gasteiger partial charge < -0.3 is 14.8 Å². The van der Waals surface area contributed by atoms with Gasteiger partial charge in [0.25, 0.3) is 5.56 Å². The summed E-state index contributed by atoms with van der Waals surface area (Å²) in [5.41, 5.74) is 0.178. The summed E-state index contributed by atoms with van der Waals surface area (Å²) < 4.78 is 11.5. The molecule has 0 radical (unpaired) electrons. The highest BCUT2D eigenvalue weighted by Gasteiger charge is 2.12. The van der Waals surface area contributed by atoms with Gasteiger partial charge in [-0.15, -0.1) is 0 Å². The molecule has 1 aromatic heterocycles. The highest BCUT2D eigenvalue weighted by atomic mass is 16.5. The molecule has 0 saturated carbocycles. The van der Waals surface area contributed by atoms with E-state index in [9.17, 15) is 9.59 Å². The molecular weight excluding hydrogens is 322 g/mol. The molecule has 3 aromatic rings. The van der Waals surface area contributed by atoms with Crippen LogP contribution in [0.15, 0.2) is 53.5 Å². The molecule has 0 spiro atoms. The van der Waals surface area contributed by atoms with Crippen LogP contribution >= 0.6 is 0 Å². The second kappa shape index (κ2) is 7.04. The number of nitrogens with zero attached hydrogens (tertiary/aromatic N) is 2. The van der Waals surface area contributed by atoms with Crippen molar-refractivity contribution in [2.24, 2.45) is 0 Å². The maximum absolute atomic E-state index is 12.4. The van der Waals surface area contributed by atoms with Gasteiger partial charge in [-0.05, 0) is 18.2 Å². The summed E-state index contributed by atoms with van der Waals surface area (Å²) in [5.74, 6) is 0.696. The first-order valence-electron chi connectivity index (χ1n) is 7.59. The molecule has 7 nitrogen and oxygen atoms in total. The van der Waals surface area contributed by atoms with E-state index in [-0.39, 0.29) is 18.0 Å². The number of anilines is 1. The molecule has 25 heavy (non-hydrogen) atoms. The number of fused-ring (bicyclic) bond motifs is 1. The maximum Gasteiger partial charge on any atom is 0.275 e. The van der Waals surface area contributed by atoms with Crippen LogP contribution in [0.25, 0.3) is 10.8 Å². The molecule has 7 heteroatoms. The lowest BCUT2D eigenvalue weighted by molar-refractivity contribution is -0.117. The van der Waals surface area contributed by atoms with Crippen molar-refractivity contribution in [3.05, 3.63) is 59.0 Å². The van der Waals surface area contributed by atoms with Crippen LogP contribution in [0.2, 0.25) is 0 Å². The molecule has 3 rings (SSSR count). The number of hydrogen-bond donors (Lipinski definition) is 1. The molecule has 1 amide bonds. The molecule has 128 valence electrons. The number of carbonyl (C=O) groups is 1. The van der Waals surface area contributed by atoms with Gasteiger partial charge in [0.15, 0.2) is 0 Å². The van der Waals surface area contributed by atoms with Crippen LogP contribution in [0.5, 0.6) is 11.5 Å². The van der Waals surface area contributed by atoms with E-state index >= 15 is 0 Å². The second-order valence-corrected chi connectivity index (χ2v) is 5.31. The molecule has 0 saturated heterocycles. The van der Waals surface area contributed by atoms with E-state index in [0.717, 1.165) is 10.1 Å². The Labute approximate surface area is 143 Å². The van der Waals surface area contributed by atoms with Gasteiger partial charge >= 0.3 is 0 Å². The molecule has 0 aliphatic heterocycles. The number of hydrogen-bond acceptors (Lipinski definition) is 5. The highest BCUT2D eigenvalue weighted by Crippen LogP contribution is 2.28. The molecule has 0 unspecified atom stereocenters. The SMILES string of the molecule is COc1ccc(NC(=O)Cn2ncc3ccccc3c2=O)c(OC)c1. The topological polar surface area (TPSA) is 82.5 Å². The summed E-state index contributed by atoms with van der Waals surface area (Å²) in [6.07, 6.45) is 1.57. The number of methoxy groups -OCH3 is 2. The van der Waals surface area contributed by atoms with Crippen LogP contribution in [0.1, 0.15) is 0 Å². The summed E-state index contributed by atoms with van der Waals surface area (Å²) in [6.45, 7) is -0.196. The van der Waals surface area contributed by atoms with Crippen molar-refractivity contribution in [2.45, 2.75) is 6.54 Å². The van der Waals surface area contributed by atoms with Gasteiger partial charge in [0, 0.05) is 11.5 Å². The van der Waals surface area contributed by atoms with Crippen molar-refractivity contribution in [2.75, 3.05) is 19.5 Å². The molecule has 1 N–H and O–H groups in total. The largest absolute Gasteiger partial charge is 0.497 e. The number of rotatable bonds is 5. The average molecular weight is 339 g/mol. The van der Waals surface area contributed by atoms with Crippen molar-refractivity contribution in [3.8, 4) is 11.5 Å². The Morgan fingerprint density at radius 2 is 1.96 bits per heavy atom. The minimum Gasteiger partial charge on any atom is -0.497 e. The van der Waals surface area contributed by atoms with E-state index in [0.29, 0.717) is 22.6 Å². The van der Waals surface area contributed by atoms with E-state index in [1.807, 2.05) is 6.07 Å². The lowest BCUT2D eigenvalue weighted by Crippen LogP contribution is -2.29. The highest BCUT2D eigenvalue weighted by molar-refractivity contribution is 5.92. The van der Waals surface area contributed by atoms with Gasteiger partial charge in [0.05, 0.1) is 31.5 Å². The smallest absolute Gasteiger partial charge is 0.275 e. The fraction of sp³-hybridized carbons (Fsp3) is 0.167. The molecule has 1 heterocycles. The van der Waals surface area contributed by atoms with Crippen LogP contribution in [0.3, 0.4) is 0 Å². The van der Waals surface area contributed by atoms with Gasteiger partial charge in [0.2, 0.25) is 5.91 Å². The van der Waals surface area contributed by atoms with Crippen molar-refractivity contribution in [1.82, 2.24) is 9.78 Å². The quantitative estimate of drug-likeness (QED) is 0.769.